The molecule has 1 aromatic carbocycles. The molecule has 0 fully saturated rings. The Balaban J connectivity index is 3.15. The van der Waals surface area contributed by atoms with Crippen molar-refractivity contribution in [1.82, 2.24) is 0 Å². The van der Waals surface area contributed by atoms with E-state index in [9.17, 15) is 4.79 Å². The number of ether oxygens (including phenoxy) is 3. The molecule has 108 valence electrons. The first-order chi connectivity index (χ1) is 10.0. The largest absolute Gasteiger partial charge is 0.493 e. The molecule has 0 heterocycles. The van der Waals surface area contributed by atoms with Gasteiger partial charge in [0.15, 0.2) is 18.1 Å². The Morgan fingerprint density at radius 3 is 2.52 bits per heavy atom. The zero-order valence-corrected chi connectivity index (χ0v) is 13.5. The van der Waals surface area contributed by atoms with Gasteiger partial charge in [0.2, 0.25) is 0 Å². The van der Waals surface area contributed by atoms with E-state index in [1.165, 1.54) is 20.3 Å². The van der Waals surface area contributed by atoms with E-state index in [4.69, 9.17) is 20.0 Å². The third kappa shape index (κ3) is 4.65. The lowest BCUT2D eigenvalue weighted by molar-refractivity contribution is -0.142. The second-order valence-corrected chi connectivity index (χ2v) is 4.84. The first kappa shape index (κ1) is 16.8. The van der Waals surface area contributed by atoms with E-state index >= 15 is 0 Å². The van der Waals surface area contributed by atoms with Crippen molar-refractivity contribution >= 4 is 34.6 Å². The van der Waals surface area contributed by atoms with Crippen LogP contribution in [0.4, 0.5) is 0 Å². The number of esters is 1. The van der Waals surface area contributed by atoms with E-state index in [-0.39, 0.29) is 12.2 Å². The minimum Gasteiger partial charge on any atom is -0.493 e. The molecular weight excluding hydrogens is 387 g/mol. The van der Waals surface area contributed by atoms with Gasteiger partial charge in [0.1, 0.15) is 17.7 Å². The maximum absolute atomic E-state index is 11.1. The van der Waals surface area contributed by atoms with E-state index in [2.05, 4.69) is 4.74 Å². The van der Waals surface area contributed by atoms with E-state index in [0.29, 0.717) is 20.6 Å². The van der Waals surface area contributed by atoms with Crippen molar-refractivity contribution in [2.24, 2.45) is 0 Å². The van der Waals surface area contributed by atoms with Crippen LogP contribution in [-0.2, 0) is 9.53 Å². The Morgan fingerprint density at radius 2 is 2.00 bits per heavy atom. The summed E-state index contributed by atoms with van der Waals surface area (Å²) in [6.07, 6.45) is 1.44. The van der Waals surface area contributed by atoms with Gasteiger partial charge in [-0.1, -0.05) is 0 Å². The van der Waals surface area contributed by atoms with E-state index in [1.807, 2.05) is 22.6 Å². The summed E-state index contributed by atoms with van der Waals surface area (Å²) >= 11 is 2.01. The van der Waals surface area contributed by atoms with Crippen LogP contribution in [-0.4, -0.2) is 26.8 Å². The quantitative estimate of drug-likeness (QED) is 0.429. The van der Waals surface area contributed by atoms with Crippen LogP contribution in [0.2, 0.25) is 0 Å². The molecule has 0 aliphatic heterocycles. The van der Waals surface area contributed by atoms with Gasteiger partial charge in [-0.2, -0.15) is 10.5 Å². The number of hydrogen-bond acceptors (Lipinski definition) is 6. The molecule has 7 heteroatoms. The molecule has 0 radical (unpaired) electrons. The summed E-state index contributed by atoms with van der Waals surface area (Å²) in [5.41, 5.74) is 0.607. The molecular formula is C14H11IN2O4. The Labute approximate surface area is 135 Å². The molecule has 6 nitrogen and oxygen atoms in total. The van der Waals surface area contributed by atoms with Crippen LogP contribution in [0.1, 0.15) is 5.56 Å². The molecule has 0 spiro atoms. The van der Waals surface area contributed by atoms with E-state index < -0.39 is 5.97 Å². The minimum atomic E-state index is -0.506. The highest BCUT2D eigenvalue weighted by Gasteiger charge is 2.13. The Kier molecular flexibility index (Phi) is 6.50. The van der Waals surface area contributed by atoms with Crippen LogP contribution in [0.5, 0.6) is 11.5 Å². The predicted molar refractivity (Wildman–Crippen MR) is 82.4 cm³/mol. The molecule has 0 aliphatic rings. The fraction of sp³-hybridized carbons (Fsp3) is 0.214. The van der Waals surface area contributed by atoms with Gasteiger partial charge in [-0.3, -0.25) is 0 Å². The number of carbonyl (C=O) groups is 1. The number of benzene rings is 1. The van der Waals surface area contributed by atoms with Crippen LogP contribution >= 0.6 is 22.6 Å². The van der Waals surface area contributed by atoms with Gasteiger partial charge >= 0.3 is 5.97 Å². The first-order valence-corrected chi connectivity index (χ1v) is 6.72. The third-order valence-corrected chi connectivity index (χ3v) is 3.17. The number of nitrogens with zero attached hydrogens (tertiary/aromatic N) is 2. The second-order valence-electron chi connectivity index (χ2n) is 3.68. The van der Waals surface area contributed by atoms with Crippen molar-refractivity contribution in [2.75, 3.05) is 20.8 Å². The topological polar surface area (TPSA) is 92.3 Å². The summed E-state index contributed by atoms with van der Waals surface area (Å²) in [4.78, 5) is 11.1. The van der Waals surface area contributed by atoms with Crippen molar-refractivity contribution in [2.45, 2.75) is 0 Å². The van der Waals surface area contributed by atoms with Crippen LogP contribution in [0.15, 0.2) is 17.7 Å². The van der Waals surface area contributed by atoms with E-state index in [0.717, 1.165) is 0 Å². The van der Waals surface area contributed by atoms with Gasteiger partial charge in [0.05, 0.1) is 17.8 Å². The molecule has 1 rings (SSSR count). The summed E-state index contributed by atoms with van der Waals surface area (Å²) in [7, 11) is 2.73. The van der Waals surface area contributed by atoms with Gasteiger partial charge in [-0.15, -0.1) is 0 Å². The number of nitriles is 2. The zero-order valence-electron chi connectivity index (χ0n) is 11.3. The Hall–Kier alpha value is -2.26. The van der Waals surface area contributed by atoms with Gasteiger partial charge in [0, 0.05) is 0 Å². The summed E-state index contributed by atoms with van der Waals surface area (Å²) in [6.45, 7) is -0.236. The smallest absolute Gasteiger partial charge is 0.343 e. The lowest BCUT2D eigenvalue weighted by Gasteiger charge is -2.12. The minimum absolute atomic E-state index is 0.0175. The van der Waals surface area contributed by atoms with Gasteiger partial charge < -0.3 is 14.2 Å². The normalized spacial score (nSPS) is 9.00. The monoisotopic (exact) mass is 398 g/mol. The second kappa shape index (κ2) is 8.12. The fourth-order valence-corrected chi connectivity index (χ4v) is 2.19. The highest BCUT2D eigenvalue weighted by atomic mass is 127. The number of halogens is 1. The maximum atomic E-state index is 11.1. The fourth-order valence-electron chi connectivity index (χ4n) is 1.41. The predicted octanol–water partition coefficient (Wildman–Crippen LogP) is 2.28. The number of rotatable bonds is 5. The molecule has 0 bridgehead atoms. The Morgan fingerprint density at radius 1 is 1.33 bits per heavy atom. The molecule has 1 aromatic rings. The molecule has 0 amide bonds. The maximum Gasteiger partial charge on any atom is 0.343 e. The summed E-state index contributed by atoms with van der Waals surface area (Å²) in [5.74, 6) is 0.288. The lowest BCUT2D eigenvalue weighted by Crippen LogP contribution is -2.13. The van der Waals surface area contributed by atoms with Crippen molar-refractivity contribution in [3.63, 3.8) is 0 Å². The van der Waals surface area contributed by atoms with Crippen LogP contribution in [0, 0.1) is 26.2 Å². The molecule has 0 aliphatic carbocycles. The summed E-state index contributed by atoms with van der Waals surface area (Å²) in [6, 6.07) is 6.89. The van der Waals surface area contributed by atoms with Gasteiger partial charge in [-0.05, 0) is 46.4 Å². The number of carbonyl (C=O) groups excluding carboxylic acids is 1. The SMILES string of the molecule is COC(=O)COc1c(I)cc(C=C(C#N)C#N)cc1OC. The summed E-state index contributed by atoms with van der Waals surface area (Å²) < 4.78 is 15.8. The number of methoxy groups -OCH3 is 2. The van der Waals surface area contributed by atoms with Crippen LogP contribution in [0.25, 0.3) is 6.08 Å². The molecule has 0 saturated heterocycles. The Bertz CT molecular complexity index is 640. The molecule has 0 N–H and O–H groups in total. The molecule has 0 saturated carbocycles. The average molecular weight is 398 g/mol. The van der Waals surface area contributed by atoms with E-state index in [1.54, 1.807) is 24.3 Å². The molecule has 0 atom stereocenters. The molecule has 0 unspecified atom stereocenters. The van der Waals surface area contributed by atoms with Crippen molar-refractivity contribution in [3.8, 4) is 23.6 Å². The third-order valence-electron chi connectivity index (χ3n) is 2.37. The number of allylic oxidation sites excluding steroid dienone is 1. The van der Waals surface area contributed by atoms with Gasteiger partial charge in [0.25, 0.3) is 0 Å². The van der Waals surface area contributed by atoms with Crippen molar-refractivity contribution in [3.05, 3.63) is 26.8 Å². The van der Waals surface area contributed by atoms with Crippen molar-refractivity contribution in [1.29, 1.82) is 10.5 Å². The van der Waals surface area contributed by atoms with Crippen molar-refractivity contribution < 1.29 is 19.0 Å². The van der Waals surface area contributed by atoms with Crippen LogP contribution in [0.3, 0.4) is 0 Å². The zero-order chi connectivity index (χ0) is 15.8. The standard InChI is InChI=1S/C14H11IN2O4/c1-19-12-5-9(3-10(6-16)7-17)4-11(15)14(12)21-8-13(18)20-2/h3-5H,8H2,1-2H3. The molecule has 21 heavy (non-hydrogen) atoms. The average Bonchev–Trinajstić information content (AvgIpc) is 2.50. The highest BCUT2D eigenvalue weighted by molar-refractivity contribution is 14.1. The summed E-state index contributed by atoms with van der Waals surface area (Å²) in [5, 5.41) is 17.5. The van der Waals surface area contributed by atoms with Crippen LogP contribution < -0.4 is 9.47 Å². The highest BCUT2D eigenvalue weighted by Crippen LogP contribution is 2.34. The molecule has 0 aromatic heterocycles. The van der Waals surface area contributed by atoms with Gasteiger partial charge in [-0.25, -0.2) is 4.79 Å². The number of hydrogen-bond donors (Lipinski definition) is 0. The first-order valence-electron chi connectivity index (χ1n) is 5.64. The lowest BCUT2D eigenvalue weighted by atomic mass is 10.1.